The van der Waals surface area contributed by atoms with Crippen LogP contribution < -0.4 is 10.0 Å². The van der Waals surface area contributed by atoms with E-state index in [2.05, 4.69) is 25.1 Å². The summed E-state index contributed by atoms with van der Waals surface area (Å²) in [5.41, 5.74) is 1.48. The second kappa shape index (κ2) is 7.35. The van der Waals surface area contributed by atoms with Gasteiger partial charge in [-0.05, 0) is 39.9 Å². The number of likely N-dealkylation sites (tertiary alicyclic amines) is 1. The minimum absolute atomic E-state index is 0.105. The Kier molecular flexibility index (Phi) is 5.74. The van der Waals surface area contributed by atoms with Gasteiger partial charge in [-0.25, -0.2) is 13.1 Å². The fourth-order valence-electron chi connectivity index (χ4n) is 2.63. The van der Waals surface area contributed by atoms with Crippen molar-refractivity contribution in [2.75, 3.05) is 33.2 Å². The monoisotopic (exact) mass is 315 g/mol. The summed E-state index contributed by atoms with van der Waals surface area (Å²) in [4.78, 5) is 2.30. The molecule has 0 saturated carbocycles. The van der Waals surface area contributed by atoms with Gasteiger partial charge >= 0.3 is 0 Å². The highest BCUT2D eigenvalue weighted by Crippen LogP contribution is 2.15. The zero-order valence-electron chi connectivity index (χ0n) is 12.8. The van der Waals surface area contributed by atoms with E-state index < -0.39 is 10.0 Å². The number of hydrogen-bond donors (Lipinski definition) is 3. The average Bonchev–Trinajstić information content (AvgIpc) is 2.83. The highest BCUT2D eigenvalue weighted by Gasteiger charge is 2.23. The van der Waals surface area contributed by atoms with Gasteiger partial charge in [0.1, 0.15) is 0 Å². The molecule has 1 aliphatic heterocycles. The number of rotatable bonds is 7. The maximum Gasteiger partial charge on any atom is 0.260 e. The van der Waals surface area contributed by atoms with Gasteiger partial charge in [-0.15, -0.1) is 0 Å². The lowest BCUT2D eigenvalue weighted by Crippen LogP contribution is -2.38. The molecule has 0 spiro atoms. The van der Waals surface area contributed by atoms with Crippen LogP contribution in [0.2, 0.25) is 0 Å². The van der Waals surface area contributed by atoms with Crippen LogP contribution in [0.15, 0.2) is 5.03 Å². The van der Waals surface area contributed by atoms with E-state index in [1.54, 1.807) is 7.05 Å². The molecule has 2 rings (SSSR count). The second-order valence-corrected chi connectivity index (χ2v) is 7.14. The van der Waals surface area contributed by atoms with E-state index in [1.807, 2.05) is 6.92 Å². The number of nitrogens with zero attached hydrogens (tertiary/aromatic N) is 2. The third-order valence-electron chi connectivity index (χ3n) is 3.81. The van der Waals surface area contributed by atoms with Crippen molar-refractivity contribution >= 4 is 10.0 Å². The van der Waals surface area contributed by atoms with Crippen LogP contribution in [0.1, 0.15) is 30.5 Å². The molecule has 0 aromatic carbocycles. The van der Waals surface area contributed by atoms with Crippen molar-refractivity contribution < 1.29 is 8.42 Å². The smallest absolute Gasteiger partial charge is 0.260 e. The molecule has 1 aliphatic rings. The van der Waals surface area contributed by atoms with E-state index in [1.165, 1.54) is 19.3 Å². The van der Waals surface area contributed by atoms with Crippen molar-refractivity contribution in [3.8, 4) is 0 Å². The molecular weight excluding hydrogens is 290 g/mol. The molecular formula is C13H25N5O2S. The SMILES string of the molecule is CNCc1c(S(=O)(=O)NCCN2CCCCC2)n[nH]c1C. The fraction of sp³-hybridized carbons (Fsp3) is 0.769. The number of piperidine rings is 1. The Morgan fingerprint density at radius 2 is 2.00 bits per heavy atom. The summed E-state index contributed by atoms with van der Waals surface area (Å²) in [7, 11) is -1.77. The second-order valence-electron chi connectivity index (χ2n) is 5.46. The van der Waals surface area contributed by atoms with Gasteiger partial charge in [-0.1, -0.05) is 6.42 Å². The lowest BCUT2D eigenvalue weighted by atomic mass is 10.1. The maximum atomic E-state index is 12.3. The summed E-state index contributed by atoms with van der Waals surface area (Å²) in [5.74, 6) is 0. The lowest BCUT2D eigenvalue weighted by molar-refractivity contribution is 0.232. The summed E-state index contributed by atoms with van der Waals surface area (Å²) in [6.45, 7) is 5.61. The Bertz CT molecular complexity index is 549. The third-order valence-corrected chi connectivity index (χ3v) is 5.24. The molecule has 0 bridgehead atoms. The zero-order valence-corrected chi connectivity index (χ0v) is 13.6. The number of aromatic amines is 1. The van der Waals surface area contributed by atoms with Crippen molar-refractivity contribution in [3.05, 3.63) is 11.3 Å². The summed E-state index contributed by atoms with van der Waals surface area (Å²) in [5, 5.41) is 9.77. The summed E-state index contributed by atoms with van der Waals surface area (Å²) in [6, 6.07) is 0. The highest BCUT2D eigenvalue weighted by atomic mass is 32.2. The van der Waals surface area contributed by atoms with Crippen LogP contribution in [0.5, 0.6) is 0 Å². The summed E-state index contributed by atoms with van der Waals surface area (Å²) < 4.78 is 27.3. The van der Waals surface area contributed by atoms with Gasteiger partial charge in [0.05, 0.1) is 0 Å². The van der Waals surface area contributed by atoms with Crippen LogP contribution in [0.4, 0.5) is 0 Å². The molecule has 8 heteroatoms. The first kappa shape index (κ1) is 16.4. The predicted molar refractivity (Wildman–Crippen MR) is 81.6 cm³/mol. The normalized spacial score (nSPS) is 17.2. The third kappa shape index (κ3) is 4.26. The van der Waals surface area contributed by atoms with Crippen LogP contribution >= 0.6 is 0 Å². The van der Waals surface area contributed by atoms with Gasteiger partial charge < -0.3 is 10.2 Å². The molecule has 21 heavy (non-hydrogen) atoms. The van der Waals surface area contributed by atoms with Crippen molar-refractivity contribution in [1.82, 2.24) is 25.1 Å². The molecule has 0 atom stereocenters. The molecule has 0 amide bonds. The average molecular weight is 315 g/mol. The van der Waals surface area contributed by atoms with E-state index >= 15 is 0 Å². The van der Waals surface area contributed by atoms with Gasteiger partial charge in [0, 0.05) is 30.9 Å². The molecule has 120 valence electrons. The predicted octanol–water partition coefficient (Wildman–Crippen LogP) is 0.202. The van der Waals surface area contributed by atoms with Gasteiger partial charge in [-0.2, -0.15) is 5.10 Å². The molecule has 2 heterocycles. The lowest BCUT2D eigenvalue weighted by Gasteiger charge is -2.26. The van der Waals surface area contributed by atoms with Crippen LogP contribution in [-0.4, -0.2) is 56.7 Å². The Labute approximate surface area is 126 Å². The number of nitrogens with one attached hydrogen (secondary N) is 3. The summed E-state index contributed by atoms with van der Waals surface area (Å²) >= 11 is 0. The van der Waals surface area contributed by atoms with E-state index in [9.17, 15) is 8.42 Å². The molecule has 7 nitrogen and oxygen atoms in total. The molecule has 1 saturated heterocycles. The molecule has 1 aromatic heterocycles. The van der Waals surface area contributed by atoms with Gasteiger partial charge in [-0.3, -0.25) is 5.10 Å². The molecule has 1 fully saturated rings. The Morgan fingerprint density at radius 1 is 1.29 bits per heavy atom. The van der Waals surface area contributed by atoms with Crippen molar-refractivity contribution in [2.45, 2.75) is 37.8 Å². The van der Waals surface area contributed by atoms with E-state index in [0.717, 1.165) is 25.3 Å². The molecule has 0 radical (unpaired) electrons. The molecule has 3 N–H and O–H groups in total. The van der Waals surface area contributed by atoms with Gasteiger partial charge in [0.2, 0.25) is 0 Å². The molecule has 0 aliphatic carbocycles. The topological polar surface area (TPSA) is 90.1 Å². The minimum Gasteiger partial charge on any atom is -0.316 e. The van der Waals surface area contributed by atoms with Crippen molar-refractivity contribution in [1.29, 1.82) is 0 Å². The quantitative estimate of drug-likeness (QED) is 0.669. The molecule has 1 aromatic rings. The van der Waals surface area contributed by atoms with Crippen LogP contribution in [0, 0.1) is 6.92 Å². The number of H-pyrrole nitrogens is 1. The van der Waals surface area contributed by atoms with Crippen LogP contribution in [-0.2, 0) is 16.6 Å². The largest absolute Gasteiger partial charge is 0.316 e. The Hall–Kier alpha value is -0.960. The Morgan fingerprint density at radius 3 is 2.67 bits per heavy atom. The standard InChI is InChI=1S/C13H25N5O2S/c1-11-12(10-14-2)13(17-16-11)21(19,20)15-6-9-18-7-4-3-5-8-18/h14-15H,3-10H2,1-2H3,(H,16,17). The van der Waals surface area contributed by atoms with E-state index in [0.29, 0.717) is 18.7 Å². The zero-order chi connectivity index (χ0) is 15.3. The van der Waals surface area contributed by atoms with E-state index in [4.69, 9.17) is 0 Å². The van der Waals surface area contributed by atoms with Crippen molar-refractivity contribution in [2.24, 2.45) is 0 Å². The van der Waals surface area contributed by atoms with Crippen LogP contribution in [0.25, 0.3) is 0 Å². The first-order valence-corrected chi connectivity index (χ1v) is 8.93. The number of hydrogen-bond acceptors (Lipinski definition) is 5. The van der Waals surface area contributed by atoms with Crippen LogP contribution in [0.3, 0.4) is 0 Å². The number of sulfonamides is 1. The fourth-order valence-corrected chi connectivity index (χ4v) is 3.84. The van der Waals surface area contributed by atoms with Gasteiger partial charge in [0.25, 0.3) is 10.0 Å². The first-order valence-electron chi connectivity index (χ1n) is 7.45. The number of aromatic nitrogens is 2. The first-order chi connectivity index (χ1) is 10.0. The Balaban J connectivity index is 1.95. The van der Waals surface area contributed by atoms with Crippen molar-refractivity contribution in [3.63, 3.8) is 0 Å². The number of aryl methyl sites for hydroxylation is 1. The summed E-state index contributed by atoms with van der Waals surface area (Å²) in [6.07, 6.45) is 3.69. The minimum atomic E-state index is -3.55. The maximum absolute atomic E-state index is 12.3. The molecule has 0 unspecified atom stereocenters. The van der Waals surface area contributed by atoms with Gasteiger partial charge in [0.15, 0.2) is 5.03 Å². The van der Waals surface area contributed by atoms with E-state index in [-0.39, 0.29) is 5.03 Å². The highest BCUT2D eigenvalue weighted by molar-refractivity contribution is 7.89.